The SMILES string of the molecule is Cc1ccccc1CNc1ccc(CC(=O)[O-])cc1. The molecule has 0 heterocycles. The number of anilines is 1. The van der Waals surface area contributed by atoms with E-state index in [2.05, 4.69) is 24.4 Å². The Kier molecular flexibility index (Phi) is 4.18. The summed E-state index contributed by atoms with van der Waals surface area (Å²) in [6.45, 7) is 2.84. The van der Waals surface area contributed by atoms with Crippen molar-refractivity contribution in [3.8, 4) is 0 Å². The van der Waals surface area contributed by atoms with Crippen LogP contribution in [0.3, 0.4) is 0 Å². The van der Waals surface area contributed by atoms with Gasteiger partial charge in [0.1, 0.15) is 0 Å². The standard InChI is InChI=1S/C16H17NO2/c1-12-4-2-3-5-14(12)11-17-15-8-6-13(7-9-15)10-16(18)19/h2-9,17H,10-11H2,1H3,(H,18,19)/p-1. The molecule has 0 saturated heterocycles. The molecular formula is C16H16NO2-. The zero-order valence-corrected chi connectivity index (χ0v) is 10.8. The zero-order valence-electron chi connectivity index (χ0n) is 10.8. The van der Waals surface area contributed by atoms with E-state index in [1.54, 1.807) is 12.1 Å². The first kappa shape index (κ1) is 13.1. The molecule has 2 aromatic rings. The van der Waals surface area contributed by atoms with Crippen molar-refractivity contribution in [1.29, 1.82) is 0 Å². The number of hydrogen-bond donors (Lipinski definition) is 1. The van der Waals surface area contributed by atoms with Crippen LogP contribution >= 0.6 is 0 Å². The first-order valence-corrected chi connectivity index (χ1v) is 6.22. The second-order valence-corrected chi connectivity index (χ2v) is 4.53. The molecule has 0 atom stereocenters. The number of benzene rings is 2. The quantitative estimate of drug-likeness (QED) is 0.886. The Morgan fingerprint density at radius 3 is 2.42 bits per heavy atom. The van der Waals surface area contributed by atoms with Crippen LogP contribution in [0.25, 0.3) is 0 Å². The van der Waals surface area contributed by atoms with Crippen LogP contribution in [0.1, 0.15) is 16.7 Å². The van der Waals surface area contributed by atoms with Crippen molar-refractivity contribution < 1.29 is 9.90 Å². The Balaban J connectivity index is 1.97. The molecule has 0 spiro atoms. The van der Waals surface area contributed by atoms with Gasteiger partial charge in [0.25, 0.3) is 0 Å². The van der Waals surface area contributed by atoms with Crippen molar-refractivity contribution in [2.75, 3.05) is 5.32 Å². The van der Waals surface area contributed by atoms with Gasteiger partial charge < -0.3 is 15.2 Å². The molecule has 0 fully saturated rings. The Bertz CT molecular complexity index is 561. The molecule has 0 amide bonds. The Morgan fingerprint density at radius 2 is 1.79 bits per heavy atom. The summed E-state index contributed by atoms with van der Waals surface area (Å²) < 4.78 is 0. The molecule has 3 heteroatoms. The lowest BCUT2D eigenvalue weighted by Gasteiger charge is -2.10. The predicted molar refractivity (Wildman–Crippen MR) is 73.7 cm³/mol. The summed E-state index contributed by atoms with van der Waals surface area (Å²) in [5.74, 6) is -1.05. The molecule has 2 aromatic carbocycles. The predicted octanol–water partition coefficient (Wildman–Crippen LogP) is 1.90. The summed E-state index contributed by atoms with van der Waals surface area (Å²) in [6.07, 6.45) is -0.0436. The lowest BCUT2D eigenvalue weighted by molar-refractivity contribution is -0.304. The van der Waals surface area contributed by atoms with E-state index >= 15 is 0 Å². The van der Waals surface area contributed by atoms with Crippen LogP contribution in [0.2, 0.25) is 0 Å². The van der Waals surface area contributed by atoms with Gasteiger partial charge in [-0.05, 0) is 35.7 Å². The van der Waals surface area contributed by atoms with Crippen molar-refractivity contribution in [2.24, 2.45) is 0 Å². The van der Waals surface area contributed by atoms with Gasteiger partial charge in [-0.15, -0.1) is 0 Å². The van der Waals surface area contributed by atoms with Gasteiger partial charge in [0.2, 0.25) is 0 Å². The molecule has 0 aliphatic heterocycles. The van der Waals surface area contributed by atoms with E-state index in [1.165, 1.54) is 11.1 Å². The first-order chi connectivity index (χ1) is 9.15. The number of nitrogens with one attached hydrogen (secondary N) is 1. The van der Waals surface area contributed by atoms with Crippen molar-refractivity contribution in [2.45, 2.75) is 19.9 Å². The van der Waals surface area contributed by atoms with Gasteiger partial charge in [-0.2, -0.15) is 0 Å². The molecule has 0 radical (unpaired) electrons. The van der Waals surface area contributed by atoms with Crippen molar-refractivity contribution >= 4 is 11.7 Å². The molecule has 0 bridgehead atoms. The lowest BCUT2D eigenvalue weighted by atomic mass is 10.1. The fourth-order valence-corrected chi connectivity index (χ4v) is 1.91. The number of aryl methyl sites for hydroxylation is 1. The average molecular weight is 254 g/mol. The minimum absolute atomic E-state index is 0.0436. The summed E-state index contributed by atoms with van der Waals surface area (Å²) in [7, 11) is 0. The molecule has 19 heavy (non-hydrogen) atoms. The van der Waals surface area contributed by atoms with E-state index in [-0.39, 0.29) is 6.42 Å². The second-order valence-electron chi connectivity index (χ2n) is 4.53. The van der Waals surface area contributed by atoms with Crippen LogP contribution in [-0.2, 0) is 17.8 Å². The normalized spacial score (nSPS) is 10.2. The van der Waals surface area contributed by atoms with Crippen molar-refractivity contribution in [3.63, 3.8) is 0 Å². The Labute approximate surface area is 112 Å². The van der Waals surface area contributed by atoms with Crippen LogP contribution in [0.5, 0.6) is 0 Å². The van der Waals surface area contributed by atoms with E-state index in [0.29, 0.717) is 0 Å². The summed E-state index contributed by atoms with van der Waals surface area (Å²) >= 11 is 0. The highest BCUT2D eigenvalue weighted by Crippen LogP contribution is 2.13. The van der Waals surface area contributed by atoms with E-state index in [0.717, 1.165) is 17.8 Å². The Hall–Kier alpha value is -2.29. The van der Waals surface area contributed by atoms with Gasteiger partial charge in [0.05, 0.1) is 0 Å². The first-order valence-electron chi connectivity index (χ1n) is 6.22. The molecule has 1 N–H and O–H groups in total. The van der Waals surface area contributed by atoms with Gasteiger partial charge in [-0.25, -0.2) is 0 Å². The van der Waals surface area contributed by atoms with Gasteiger partial charge in [-0.1, -0.05) is 36.4 Å². The second kappa shape index (κ2) is 6.05. The number of carbonyl (C=O) groups is 1. The summed E-state index contributed by atoms with van der Waals surface area (Å²) in [6, 6.07) is 15.6. The van der Waals surface area contributed by atoms with Gasteiger partial charge >= 0.3 is 0 Å². The maximum absolute atomic E-state index is 10.5. The van der Waals surface area contributed by atoms with Crippen LogP contribution in [0.15, 0.2) is 48.5 Å². The topological polar surface area (TPSA) is 52.2 Å². The van der Waals surface area contributed by atoms with Crippen LogP contribution in [0, 0.1) is 6.92 Å². The number of hydrogen-bond acceptors (Lipinski definition) is 3. The number of aliphatic carboxylic acids is 1. The molecule has 0 unspecified atom stereocenters. The molecule has 2 rings (SSSR count). The number of carboxylic acid groups (broad SMARTS) is 1. The molecule has 0 aliphatic rings. The summed E-state index contributed by atoms with van der Waals surface area (Å²) in [4.78, 5) is 10.5. The largest absolute Gasteiger partial charge is 0.550 e. The molecule has 0 aromatic heterocycles. The van der Waals surface area contributed by atoms with E-state index < -0.39 is 5.97 Å². The number of carboxylic acids is 1. The van der Waals surface area contributed by atoms with E-state index in [1.807, 2.05) is 24.3 Å². The molecule has 98 valence electrons. The molecular weight excluding hydrogens is 238 g/mol. The minimum atomic E-state index is -1.05. The van der Waals surface area contributed by atoms with Crippen molar-refractivity contribution in [3.05, 3.63) is 65.2 Å². The smallest absolute Gasteiger partial charge is 0.0458 e. The maximum Gasteiger partial charge on any atom is 0.0458 e. The zero-order chi connectivity index (χ0) is 13.7. The highest BCUT2D eigenvalue weighted by atomic mass is 16.4. The van der Waals surface area contributed by atoms with Crippen molar-refractivity contribution in [1.82, 2.24) is 0 Å². The fourth-order valence-electron chi connectivity index (χ4n) is 1.91. The van der Waals surface area contributed by atoms with Gasteiger partial charge in [0, 0.05) is 24.6 Å². The molecule has 0 aliphatic carbocycles. The minimum Gasteiger partial charge on any atom is -0.550 e. The summed E-state index contributed by atoms with van der Waals surface area (Å²) in [5.41, 5.74) is 4.23. The average Bonchev–Trinajstić information content (AvgIpc) is 2.39. The van der Waals surface area contributed by atoms with Gasteiger partial charge in [0.15, 0.2) is 0 Å². The maximum atomic E-state index is 10.5. The van der Waals surface area contributed by atoms with E-state index in [4.69, 9.17) is 0 Å². The third-order valence-corrected chi connectivity index (χ3v) is 3.05. The Morgan fingerprint density at radius 1 is 1.11 bits per heavy atom. The van der Waals surface area contributed by atoms with Crippen LogP contribution in [-0.4, -0.2) is 5.97 Å². The summed E-state index contributed by atoms with van der Waals surface area (Å²) in [5, 5.41) is 13.8. The van der Waals surface area contributed by atoms with Gasteiger partial charge in [-0.3, -0.25) is 0 Å². The molecule has 0 saturated carbocycles. The molecule has 3 nitrogen and oxygen atoms in total. The van der Waals surface area contributed by atoms with Crippen LogP contribution < -0.4 is 10.4 Å². The highest BCUT2D eigenvalue weighted by molar-refractivity contribution is 5.68. The third-order valence-electron chi connectivity index (χ3n) is 3.05. The monoisotopic (exact) mass is 254 g/mol. The highest BCUT2D eigenvalue weighted by Gasteiger charge is 1.98. The van der Waals surface area contributed by atoms with E-state index in [9.17, 15) is 9.90 Å². The van der Waals surface area contributed by atoms with Crippen LogP contribution in [0.4, 0.5) is 5.69 Å². The third kappa shape index (κ3) is 3.85. The fraction of sp³-hybridized carbons (Fsp3) is 0.188. The number of carbonyl (C=O) groups excluding carboxylic acids is 1. The number of rotatable bonds is 5. The lowest BCUT2D eigenvalue weighted by Crippen LogP contribution is -2.24.